The first kappa shape index (κ1) is 17.9. The Hall–Kier alpha value is -3.19. The van der Waals surface area contributed by atoms with Crippen LogP contribution in [0.1, 0.15) is 31.2 Å². The lowest BCUT2D eigenvalue weighted by atomic mass is 9.93. The lowest BCUT2D eigenvalue weighted by Gasteiger charge is -2.26. The number of H-pyrrole nitrogens is 1. The van der Waals surface area contributed by atoms with Crippen molar-refractivity contribution in [3.63, 3.8) is 0 Å². The van der Waals surface area contributed by atoms with E-state index in [2.05, 4.69) is 54.8 Å². The van der Waals surface area contributed by atoms with Gasteiger partial charge in [0, 0.05) is 24.3 Å². The van der Waals surface area contributed by atoms with Crippen LogP contribution in [0.2, 0.25) is 0 Å². The van der Waals surface area contributed by atoms with Crippen molar-refractivity contribution in [2.75, 3.05) is 10.6 Å². The van der Waals surface area contributed by atoms with E-state index in [4.69, 9.17) is 0 Å². The maximum absolute atomic E-state index is 9.67. The summed E-state index contributed by atoms with van der Waals surface area (Å²) in [5.74, 6) is 1.51. The Balaban J connectivity index is 1.29. The molecular weight excluding hydrogens is 364 g/mol. The van der Waals surface area contributed by atoms with Crippen LogP contribution >= 0.6 is 0 Å². The van der Waals surface area contributed by atoms with Gasteiger partial charge in [-0.1, -0.05) is 12.1 Å². The van der Waals surface area contributed by atoms with E-state index in [0.717, 1.165) is 42.5 Å². The van der Waals surface area contributed by atoms with Crippen molar-refractivity contribution < 1.29 is 5.11 Å². The number of pyridine rings is 1. The molecule has 0 saturated heterocycles. The maximum Gasteiger partial charge on any atom is 0.182 e. The Bertz CT molecular complexity index is 1130. The fourth-order valence-corrected chi connectivity index (χ4v) is 3.89. The van der Waals surface area contributed by atoms with Gasteiger partial charge in [0.25, 0.3) is 0 Å². The molecular formula is C22H24N6O. The normalized spacial score (nSPS) is 19.5. The number of anilines is 2. The molecule has 0 atom stereocenters. The Kier molecular flexibility index (Phi) is 4.73. The molecule has 7 heteroatoms. The second-order valence-corrected chi connectivity index (χ2v) is 7.70. The van der Waals surface area contributed by atoms with Crippen LogP contribution in [0, 0.1) is 0 Å². The van der Waals surface area contributed by atoms with E-state index in [0.29, 0.717) is 24.1 Å². The summed E-state index contributed by atoms with van der Waals surface area (Å²) in [6.45, 7) is 0.664. The smallest absolute Gasteiger partial charge is 0.182 e. The van der Waals surface area contributed by atoms with Crippen LogP contribution in [0.5, 0.6) is 0 Å². The molecule has 29 heavy (non-hydrogen) atoms. The van der Waals surface area contributed by atoms with Crippen molar-refractivity contribution in [1.82, 2.24) is 19.9 Å². The molecule has 0 bridgehead atoms. The summed E-state index contributed by atoms with van der Waals surface area (Å²) in [5.41, 5.74) is 3.69. The summed E-state index contributed by atoms with van der Waals surface area (Å²) < 4.78 is 0. The van der Waals surface area contributed by atoms with Gasteiger partial charge in [0.05, 0.1) is 12.3 Å². The van der Waals surface area contributed by atoms with Crippen LogP contribution in [0.25, 0.3) is 22.1 Å². The first-order chi connectivity index (χ1) is 14.2. The topological polar surface area (TPSA) is 98.8 Å². The lowest BCUT2D eigenvalue weighted by Crippen LogP contribution is -2.28. The minimum Gasteiger partial charge on any atom is -0.393 e. The predicted octanol–water partition coefficient (Wildman–Crippen LogP) is 3.83. The van der Waals surface area contributed by atoms with Gasteiger partial charge in [-0.05, 0) is 60.9 Å². The third-order valence-corrected chi connectivity index (χ3v) is 5.55. The standard InChI is InChI=1S/C22H24N6O/c29-17-5-3-16(4-6-17)26-20-8-7-18-22(27-20)28-21(13-24-18)25-12-14-1-2-15-9-10-23-19(15)11-14/h1-2,7-11,13,16-17,23,29H,3-6,12H2,(H2,25,26,27,28)/t16-,17-. The second-order valence-electron chi connectivity index (χ2n) is 7.70. The van der Waals surface area contributed by atoms with Gasteiger partial charge in [-0.2, -0.15) is 0 Å². The molecule has 5 rings (SSSR count). The molecule has 4 aromatic rings. The molecule has 3 aromatic heterocycles. The van der Waals surface area contributed by atoms with Gasteiger partial charge in [-0.15, -0.1) is 0 Å². The molecule has 1 fully saturated rings. The molecule has 1 aliphatic carbocycles. The Morgan fingerprint density at radius 2 is 1.86 bits per heavy atom. The molecule has 3 heterocycles. The van der Waals surface area contributed by atoms with E-state index in [-0.39, 0.29) is 6.10 Å². The second kappa shape index (κ2) is 7.67. The Labute approximate surface area is 168 Å². The fourth-order valence-electron chi connectivity index (χ4n) is 3.89. The summed E-state index contributed by atoms with van der Waals surface area (Å²) in [5, 5.41) is 17.7. The zero-order chi connectivity index (χ0) is 19.6. The molecule has 0 amide bonds. The van der Waals surface area contributed by atoms with Crippen molar-refractivity contribution in [3.8, 4) is 0 Å². The van der Waals surface area contributed by atoms with Gasteiger partial charge < -0.3 is 20.7 Å². The van der Waals surface area contributed by atoms with Crippen LogP contribution in [0.15, 0.2) is 48.8 Å². The fraction of sp³-hybridized carbons (Fsp3) is 0.318. The number of aliphatic hydroxyl groups excluding tert-OH is 1. The van der Waals surface area contributed by atoms with Crippen LogP contribution < -0.4 is 10.6 Å². The third-order valence-electron chi connectivity index (χ3n) is 5.55. The summed E-state index contributed by atoms with van der Waals surface area (Å²) in [4.78, 5) is 17.0. The molecule has 4 N–H and O–H groups in total. The molecule has 148 valence electrons. The maximum atomic E-state index is 9.67. The first-order valence-corrected chi connectivity index (χ1v) is 10.1. The van der Waals surface area contributed by atoms with Crippen molar-refractivity contribution in [2.45, 2.75) is 44.4 Å². The van der Waals surface area contributed by atoms with E-state index in [1.165, 1.54) is 10.9 Å². The van der Waals surface area contributed by atoms with Gasteiger partial charge in [-0.3, -0.25) is 0 Å². The Morgan fingerprint density at radius 1 is 1.00 bits per heavy atom. The zero-order valence-corrected chi connectivity index (χ0v) is 16.1. The zero-order valence-electron chi connectivity index (χ0n) is 16.1. The quantitative estimate of drug-likeness (QED) is 0.415. The number of nitrogens with zero attached hydrogens (tertiary/aromatic N) is 3. The predicted molar refractivity (Wildman–Crippen MR) is 115 cm³/mol. The largest absolute Gasteiger partial charge is 0.393 e. The van der Waals surface area contributed by atoms with E-state index in [9.17, 15) is 5.11 Å². The van der Waals surface area contributed by atoms with Crippen LogP contribution in [0.4, 0.5) is 11.6 Å². The number of aliphatic hydroxyl groups is 1. The van der Waals surface area contributed by atoms with Gasteiger partial charge in [-0.25, -0.2) is 15.0 Å². The molecule has 1 saturated carbocycles. The molecule has 0 radical (unpaired) electrons. The van der Waals surface area contributed by atoms with E-state index < -0.39 is 0 Å². The van der Waals surface area contributed by atoms with E-state index in [1.807, 2.05) is 18.3 Å². The van der Waals surface area contributed by atoms with E-state index in [1.54, 1.807) is 6.20 Å². The highest BCUT2D eigenvalue weighted by molar-refractivity contribution is 5.80. The summed E-state index contributed by atoms with van der Waals surface area (Å²) in [6.07, 6.45) is 7.13. The minimum absolute atomic E-state index is 0.158. The average molecular weight is 388 g/mol. The van der Waals surface area contributed by atoms with E-state index >= 15 is 0 Å². The molecule has 1 aliphatic rings. The highest BCUT2D eigenvalue weighted by atomic mass is 16.3. The van der Waals surface area contributed by atoms with Gasteiger partial charge in [0.2, 0.25) is 0 Å². The highest BCUT2D eigenvalue weighted by Gasteiger charge is 2.19. The average Bonchev–Trinajstić information content (AvgIpc) is 3.21. The summed E-state index contributed by atoms with van der Waals surface area (Å²) >= 11 is 0. The lowest BCUT2D eigenvalue weighted by molar-refractivity contribution is 0.126. The number of rotatable bonds is 5. The van der Waals surface area contributed by atoms with Gasteiger partial charge in [0.15, 0.2) is 5.65 Å². The number of hydrogen-bond acceptors (Lipinski definition) is 6. The summed E-state index contributed by atoms with van der Waals surface area (Å²) in [6, 6.07) is 12.7. The van der Waals surface area contributed by atoms with Crippen LogP contribution in [0.3, 0.4) is 0 Å². The monoisotopic (exact) mass is 388 g/mol. The SMILES string of the molecule is O[C@H]1CC[C@H](Nc2ccc3ncc(NCc4ccc5cc[nH]c5c4)nc3n2)CC1. The molecule has 0 aliphatic heterocycles. The number of aromatic amines is 1. The van der Waals surface area contributed by atoms with Crippen molar-refractivity contribution in [3.05, 3.63) is 54.4 Å². The molecule has 0 spiro atoms. The number of nitrogens with one attached hydrogen (secondary N) is 3. The third kappa shape index (κ3) is 4.00. The molecule has 7 nitrogen and oxygen atoms in total. The van der Waals surface area contributed by atoms with Crippen LogP contribution in [-0.2, 0) is 6.54 Å². The molecule has 1 aromatic carbocycles. The number of hydrogen-bond donors (Lipinski definition) is 4. The van der Waals surface area contributed by atoms with Crippen molar-refractivity contribution in [1.29, 1.82) is 0 Å². The van der Waals surface area contributed by atoms with Crippen molar-refractivity contribution in [2.24, 2.45) is 0 Å². The van der Waals surface area contributed by atoms with Gasteiger partial charge >= 0.3 is 0 Å². The number of aromatic nitrogens is 4. The number of fused-ring (bicyclic) bond motifs is 2. The summed E-state index contributed by atoms with van der Waals surface area (Å²) in [7, 11) is 0. The molecule has 0 unspecified atom stereocenters. The first-order valence-electron chi connectivity index (χ1n) is 10.1. The Morgan fingerprint density at radius 3 is 2.76 bits per heavy atom. The minimum atomic E-state index is -0.158. The number of benzene rings is 1. The van der Waals surface area contributed by atoms with Crippen molar-refractivity contribution >= 4 is 33.7 Å². The highest BCUT2D eigenvalue weighted by Crippen LogP contribution is 2.22. The van der Waals surface area contributed by atoms with Crippen LogP contribution in [-0.4, -0.2) is 37.2 Å². The van der Waals surface area contributed by atoms with Gasteiger partial charge in [0.1, 0.15) is 17.2 Å².